The highest BCUT2D eigenvalue weighted by Crippen LogP contribution is 2.26. The Morgan fingerprint density at radius 1 is 0.493 bits per heavy atom. The van der Waals surface area contributed by atoms with Crippen molar-refractivity contribution in [2.45, 2.75) is 250 Å². The number of hydrogen-bond acceptors (Lipinski definition) is 11. The monoisotopic (exact) mass is 971 g/mol. The molecule has 0 aromatic rings. The molecular weight excluding hydrogens is 877 g/mol. The predicted molar refractivity (Wildman–Crippen MR) is 275 cm³/mol. The van der Waals surface area contributed by atoms with Crippen molar-refractivity contribution in [3.8, 4) is 0 Å². The SMILES string of the molecule is CC/C=C\C/C=C\C/C=C\C/C=C\CCCCC(=O)OCC(COC1OC(C(=O)O)C(O)C(O)C1OC(=O)CCCCCCC/C=C\C/C=C\CCCCC)OC(=O)CCCCCCCCCCC. The van der Waals surface area contributed by atoms with Gasteiger partial charge in [-0.25, -0.2) is 4.79 Å². The fourth-order valence-electron chi connectivity index (χ4n) is 7.62. The maximum absolute atomic E-state index is 13.0. The van der Waals surface area contributed by atoms with Crippen molar-refractivity contribution in [3.05, 3.63) is 72.9 Å². The van der Waals surface area contributed by atoms with Gasteiger partial charge in [0.2, 0.25) is 0 Å². The number of hydrogen-bond donors (Lipinski definition) is 3. The van der Waals surface area contributed by atoms with Gasteiger partial charge in [-0.15, -0.1) is 0 Å². The van der Waals surface area contributed by atoms with E-state index in [0.717, 1.165) is 103 Å². The molecule has 1 aliphatic heterocycles. The molecule has 0 spiro atoms. The number of carbonyl (C=O) groups excluding carboxylic acids is 3. The van der Waals surface area contributed by atoms with Crippen molar-refractivity contribution >= 4 is 23.9 Å². The van der Waals surface area contributed by atoms with E-state index in [1.54, 1.807) is 0 Å². The number of ether oxygens (including phenoxy) is 5. The van der Waals surface area contributed by atoms with Crippen LogP contribution in [0.3, 0.4) is 0 Å². The van der Waals surface area contributed by atoms with Crippen molar-refractivity contribution in [3.63, 3.8) is 0 Å². The molecule has 0 bridgehead atoms. The van der Waals surface area contributed by atoms with Crippen LogP contribution in [-0.4, -0.2) is 89.2 Å². The fourth-order valence-corrected chi connectivity index (χ4v) is 7.62. The minimum absolute atomic E-state index is 0.0391. The molecule has 1 saturated heterocycles. The number of esters is 3. The average Bonchev–Trinajstić information content (AvgIpc) is 3.33. The zero-order valence-electron chi connectivity index (χ0n) is 43.0. The highest BCUT2D eigenvalue weighted by atomic mass is 16.7. The molecule has 3 N–H and O–H groups in total. The zero-order valence-corrected chi connectivity index (χ0v) is 43.0. The Balaban J connectivity index is 2.73. The number of rotatable bonds is 44. The lowest BCUT2D eigenvalue weighted by Gasteiger charge is -2.40. The first-order valence-corrected chi connectivity index (χ1v) is 26.9. The van der Waals surface area contributed by atoms with Gasteiger partial charge < -0.3 is 39.0 Å². The van der Waals surface area contributed by atoms with E-state index in [9.17, 15) is 34.5 Å². The van der Waals surface area contributed by atoms with Crippen LogP contribution in [0.15, 0.2) is 72.9 Å². The van der Waals surface area contributed by atoms with E-state index in [-0.39, 0.29) is 25.9 Å². The van der Waals surface area contributed by atoms with Crippen molar-refractivity contribution in [2.75, 3.05) is 13.2 Å². The average molecular weight is 971 g/mol. The smallest absolute Gasteiger partial charge is 0.335 e. The van der Waals surface area contributed by atoms with E-state index in [1.807, 2.05) is 0 Å². The second kappa shape index (κ2) is 45.3. The van der Waals surface area contributed by atoms with Gasteiger partial charge >= 0.3 is 23.9 Å². The third kappa shape index (κ3) is 35.8. The maximum atomic E-state index is 13.0. The summed E-state index contributed by atoms with van der Waals surface area (Å²) in [7, 11) is 0. The van der Waals surface area contributed by atoms with E-state index >= 15 is 0 Å². The molecule has 0 aromatic heterocycles. The van der Waals surface area contributed by atoms with Gasteiger partial charge in [-0.1, -0.05) is 177 Å². The Labute approximate surface area is 417 Å². The van der Waals surface area contributed by atoms with Crippen LogP contribution in [0.5, 0.6) is 0 Å². The highest BCUT2D eigenvalue weighted by Gasteiger charge is 2.50. The van der Waals surface area contributed by atoms with E-state index in [4.69, 9.17) is 23.7 Å². The standard InChI is InChI=1S/C57H94O12/c1-4-7-10-13-16-19-21-23-25-27-29-32-34-37-40-43-49(58)65-46-48(67-50(59)44-41-38-35-31-18-15-12-9-6-3)47-66-57-55(53(62)52(61)54(69-57)56(63)64)68-51(60)45-42-39-36-33-30-28-26-24-22-20-17-14-11-8-5-2/h7,10,16-17,19-20,23-26,29,32,48,52-55,57,61-62H,4-6,8-9,11-15,18,21-22,27-28,30-31,33-47H2,1-3H3,(H,63,64)/b10-7-,19-16-,20-17-,25-23-,26-24-,32-29-. The lowest BCUT2D eigenvalue weighted by atomic mass is 9.98. The number of carboxylic acids is 1. The number of carbonyl (C=O) groups is 4. The Bertz CT molecular complexity index is 1480. The summed E-state index contributed by atoms with van der Waals surface area (Å²) in [6.45, 7) is 5.76. The summed E-state index contributed by atoms with van der Waals surface area (Å²) in [5.74, 6) is -3.20. The van der Waals surface area contributed by atoms with Gasteiger partial charge in [0.15, 0.2) is 24.6 Å². The first kappa shape index (κ1) is 63.2. The first-order chi connectivity index (χ1) is 33.6. The number of aliphatic hydroxyl groups excluding tert-OH is 2. The van der Waals surface area contributed by atoms with Crippen molar-refractivity contribution in [1.29, 1.82) is 0 Å². The number of aliphatic hydroxyl groups is 2. The number of unbranched alkanes of at least 4 members (excludes halogenated alkanes) is 18. The second-order valence-electron chi connectivity index (χ2n) is 18.1. The van der Waals surface area contributed by atoms with E-state index < -0.39 is 67.3 Å². The summed E-state index contributed by atoms with van der Waals surface area (Å²) in [6.07, 6.45) is 43.2. The van der Waals surface area contributed by atoms with Crippen LogP contribution >= 0.6 is 0 Å². The zero-order chi connectivity index (χ0) is 50.4. The van der Waals surface area contributed by atoms with E-state index in [2.05, 4.69) is 93.7 Å². The molecular formula is C57H94O12. The molecule has 69 heavy (non-hydrogen) atoms. The maximum Gasteiger partial charge on any atom is 0.335 e. The summed E-state index contributed by atoms with van der Waals surface area (Å²) in [5.41, 5.74) is 0. The summed E-state index contributed by atoms with van der Waals surface area (Å²) in [6, 6.07) is 0. The molecule has 0 radical (unpaired) electrons. The minimum atomic E-state index is -1.91. The molecule has 0 amide bonds. The van der Waals surface area contributed by atoms with Gasteiger partial charge in [0.25, 0.3) is 0 Å². The molecule has 12 heteroatoms. The Kier molecular flexibility index (Phi) is 41.5. The molecule has 12 nitrogen and oxygen atoms in total. The summed E-state index contributed by atoms with van der Waals surface area (Å²) >= 11 is 0. The van der Waals surface area contributed by atoms with Crippen LogP contribution in [-0.2, 0) is 42.9 Å². The van der Waals surface area contributed by atoms with Crippen LogP contribution in [0.1, 0.15) is 213 Å². The van der Waals surface area contributed by atoms with Gasteiger partial charge in [0.1, 0.15) is 18.8 Å². The largest absolute Gasteiger partial charge is 0.479 e. The van der Waals surface area contributed by atoms with Gasteiger partial charge in [-0.3, -0.25) is 14.4 Å². The van der Waals surface area contributed by atoms with Gasteiger partial charge in [-0.05, 0) is 89.9 Å². The number of aliphatic carboxylic acids is 1. The van der Waals surface area contributed by atoms with E-state index in [0.29, 0.717) is 19.3 Å². The molecule has 0 saturated carbocycles. The summed E-state index contributed by atoms with van der Waals surface area (Å²) in [5, 5.41) is 31.3. The molecule has 394 valence electrons. The van der Waals surface area contributed by atoms with Gasteiger partial charge in [0, 0.05) is 19.3 Å². The molecule has 1 aliphatic rings. The molecule has 0 aromatic carbocycles. The van der Waals surface area contributed by atoms with Crippen molar-refractivity contribution in [2.24, 2.45) is 0 Å². The number of carboxylic acid groups (broad SMARTS) is 1. The topological polar surface area (TPSA) is 175 Å². The molecule has 1 heterocycles. The quantitative estimate of drug-likeness (QED) is 0.0228. The van der Waals surface area contributed by atoms with Crippen molar-refractivity contribution in [1.82, 2.24) is 0 Å². The Hall–Kier alpha value is -3.84. The Morgan fingerprint density at radius 2 is 0.913 bits per heavy atom. The highest BCUT2D eigenvalue weighted by molar-refractivity contribution is 5.74. The van der Waals surface area contributed by atoms with Crippen LogP contribution in [0, 0.1) is 0 Å². The third-order valence-corrected chi connectivity index (χ3v) is 11.8. The van der Waals surface area contributed by atoms with E-state index in [1.165, 1.54) is 51.4 Å². The molecule has 0 aliphatic carbocycles. The lowest BCUT2D eigenvalue weighted by Crippen LogP contribution is -2.61. The molecule has 6 unspecified atom stereocenters. The Morgan fingerprint density at radius 3 is 1.45 bits per heavy atom. The summed E-state index contributed by atoms with van der Waals surface area (Å²) in [4.78, 5) is 50.8. The third-order valence-electron chi connectivity index (χ3n) is 11.8. The normalized spacial score (nSPS) is 19.2. The fraction of sp³-hybridized carbons (Fsp3) is 0.719. The number of allylic oxidation sites excluding steroid dienone is 12. The van der Waals surface area contributed by atoms with Crippen LogP contribution < -0.4 is 0 Å². The minimum Gasteiger partial charge on any atom is -0.479 e. The first-order valence-electron chi connectivity index (χ1n) is 26.9. The predicted octanol–water partition coefficient (Wildman–Crippen LogP) is 13.0. The second-order valence-corrected chi connectivity index (χ2v) is 18.1. The molecule has 1 rings (SSSR count). The lowest BCUT2D eigenvalue weighted by molar-refractivity contribution is -0.301. The molecule has 1 fully saturated rings. The summed E-state index contributed by atoms with van der Waals surface area (Å²) < 4.78 is 28.2. The van der Waals surface area contributed by atoms with Crippen LogP contribution in [0.2, 0.25) is 0 Å². The van der Waals surface area contributed by atoms with Gasteiger partial charge in [0.05, 0.1) is 6.61 Å². The van der Waals surface area contributed by atoms with Crippen molar-refractivity contribution < 1.29 is 58.2 Å². The molecule has 6 atom stereocenters. The van der Waals surface area contributed by atoms with Gasteiger partial charge in [-0.2, -0.15) is 0 Å². The van der Waals surface area contributed by atoms with Crippen LogP contribution in [0.25, 0.3) is 0 Å². The van der Waals surface area contributed by atoms with Crippen LogP contribution in [0.4, 0.5) is 0 Å².